The third-order valence-electron chi connectivity index (χ3n) is 4.64. The molecule has 3 aromatic rings. The Morgan fingerprint density at radius 2 is 1.83 bits per heavy atom. The molecule has 0 saturated heterocycles. The summed E-state index contributed by atoms with van der Waals surface area (Å²) in [6.07, 6.45) is 1.72. The van der Waals surface area contributed by atoms with Crippen LogP contribution in [0.5, 0.6) is 0 Å². The number of aromatic carboxylic acids is 1. The molecule has 2 aromatic carbocycles. The number of carbonyl (C=O) groups is 2. The first kappa shape index (κ1) is 21.3. The number of aromatic nitrogens is 1. The predicted octanol–water partition coefficient (Wildman–Crippen LogP) is 5.37. The molecule has 1 N–H and O–H groups in total. The first-order valence-corrected chi connectivity index (χ1v) is 9.73. The Labute approximate surface area is 179 Å². The molecule has 154 valence electrons. The molecule has 0 aliphatic rings. The third-order valence-corrected chi connectivity index (χ3v) is 4.96. The molecular weight excluding hydrogens is 404 g/mol. The monoisotopic (exact) mass is 424 g/mol. The molecule has 0 spiro atoms. The van der Waals surface area contributed by atoms with Crippen LogP contribution in [-0.2, 0) is 4.74 Å². The molecule has 0 amide bonds. The molecule has 0 saturated carbocycles. The van der Waals surface area contributed by atoms with Gasteiger partial charge in [-0.05, 0) is 69.3 Å². The van der Waals surface area contributed by atoms with Gasteiger partial charge in [-0.2, -0.15) is 0 Å². The number of halogens is 1. The van der Waals surface area contributed by atoms with E-state index in [0.29, 0.717) is 17.9 Å². The minimum atomic E-state index is -1.08. The van der Waals surface area contributed by atoms with Gasteiger partial charge in [0.15, 0.2) is 0 Å². The average Bonchev–Trinajstić information content (AvgIpc) is 2.99. The smallest absolute Gasteiger partial charge is 0.338 e. The number of hydrogen-bond donors (Lipinski definition) is 1. The molecular formula is C23H21ClN2O4. The summed E-state index contributed by atoms with van der Waals surface area (Å²) in [5, 5.41) is 9.21. The molecule has 0 unspecified atom stereocenters. The molecule has 0 atom stereocenters. The van der Waals surface area contributed by atoms with Gasteiger partial charge in [-0.25, -0.2) is 9.59 Å². The van der Waals surface area contributed by atoms with Gasteiger partial charge < -0.3 is 14.4 Å². The van der Waals surface area contributed by atoms with Crippen LogP contribution in [0.15, 0.2) is 53.5 Å². The molecule has 1 aromatic heterocycles. The summed E-state index contributed by atoms with van der Waals surface area (Å²) < 4.78 is 7.09. The number of aliphatic imine (C=N–C) groups is 1. The van der Waals surface area contributed by atoms with E-state index in [1.165, 1.54) is 12.1 Å². The summed E-state index contributed by atoms with van der Waals surface area (Å²) >= 11 is 6.01. The molecule has 0 aliphatic carbocycles. The fourth-order valence-corrected chi connectivity index (χ4v) is 3.43. The minimum absolute atomic E-state index is 0.0417. The number of carboxylic acids is 1. The Morgan fingerprint density at radius 3 is 2.43 bits per heavy atom. The molecule has 7 heteroatoms. The van der Waals surface area contributed by atoms with Crippen molar-refractivity contribution in [3.05, 3.63) is 81.6 Å². The normalized spacial score (nSPS) is 11.1. The maximum atomic E-state index is 11.8. The van der Waals surface area contributed by atoms with Crippen LogP contribution in [0.25, 0.3) is 5.69 Å². The molecule has 0 bridgehead atoms. The van der Waals surface area contributed by atoms with Crippen molar-refractivity contribution >= 4 is 35.4 Å². The van der Waals surface area contributed by atoms with Crippen LogP contribution in [0.4, 0.5) is 5.69 Å². The molecule has 30 heavy (non-hydrogen) atoms. The molecule has 0 radical (unpaired) electrons. The van der Waals surface area contributed by atoms with E-state index in [2.05, 4.69) is 9.56 Å². The number of rotatable bonds is 6. The van der Waals surface area contributed by atoms with E-state index >= 15 is 0 Å². The fourth-order valence-electron chi connectivity index (χ4n) is 3.18. The van der Waals surface area contributed by atoms with Crippen molar-refractivity contribution in [1.29, 1.82) is 0 Å². The zero-order valence-electron chi connectivity index (χ0n) is 16.8. The average molecular weight is 425 g/mol. The number of nitrogens with zero attached hydrogens (tertiary/aromatic N) is 2. The van der Waals surface area contributed by atoms with E-state index in [1.807, 2.05) is 32.0 Å². The largest absolute Gasteiger partial charge is 0.478 e. The zero-order valence-corrected chi connectivity index (χ0v) is 17.6. The number of carboxylic acid groups (broad SMARTS) is 1. The Morgan fingerprint density at radius 1 is 1.13 bits per heavy atom. The maximum absolute atomic E-state index is 11.8. The highest BCUT2D eigenvalue weighted by atomic mass is 35.5. The summed E-state index contributed by atoms with van der Waals surface area (Å²) in [6.45, 7) is 6.08. The van der Waals surface area contributed by atoms with Crippen LogP contribution in [0.2, 0.25) is 5.02 Å². The molecule has 0 fully saturated rings. The van der Waals surface area contributed by atoms with Gasteiger partial charge in [-0.1, -0.05) is 11.6 Å². The summed E-state index contributed by atoms with van der Waals surface area (Å²) in [6, 6.07) is 13.8. The predicted molar refractivity (Wildman–Crippen MR) is 117 cm³/mol. The van der Waals surface area contributed by atoms with Gasteiger partial charge in [-0.15, -0.1) is 0 Å². The van der Waals surface area contributed by atoms with Crippen LogP contribution in [0.1, 0.15) is 44.6 Å². The highest BCUT2D eigenvalue weighted by Gasteiger charge is 2.12. The van der Waals surface area contributed by atoms with Gasteiger partial charge in [0.05, 0.1) is 28.4 Å². The SMILES string of the molecule is CCOC(=O)c1ccc(-n2c(C)cc(C=Nc3ccc(C(=O)O)c(Cl)c3)c2C)cc1. The maximum Gasteiger partial charge on any atom is 0.338 e. The highest BCUT2D eigenvalue weighted by Crippen LogP contribution is 2.24. The minimum Gasteiger partial charge on any atom is -0.478 e. The Balaban J connectivity index is 1.87. The molecule has 3 rings (SSSR count). The Hall–Kier alpha value is -3.38. The topological polar surface area (TPSA) is 80.9 Å². The number of hydrogen-bond acceptors (Lipinski definition) is 4. The second-order valence-electron chi connectivity index (χ2n) is 6.66. The number of benzene rings is 2. The van der Waals surface area contributed by atoms with Crippen LogP contribution in [0, 0.1) is 13.8 Å². The van der Waals surface area contributed by atoms with E-state index in [4.69, 9.17) is 21.4 Å². The van der Waals surface area contributed by atoms with Crippen molar-refractivity contribution in [2.75, 3.05) is 6.61 Å². The van der Waals surface area contributed by atoms with Crippen molar-refractivity contribution in [2.45, 2.75) is 20.8 Å². The number of aryl methyl sites for hydroxylation is 1. The van der Waals surface area contributed by atoms with Crippen molar-refractivity contribution in [2.24, 2.45) is 4.99 Å². The number of ether oxygens (including phenoxy) is 1. The first-order valence-electron chi connectivity index (χ1n) is 9.35. The van der Waals surface area contributed by atoms with Gasteiger partial charge in [0.25, 0.3) is 0 Å². The van der Waals surface area contributed by atoms with Crippen LogP contribution in [0.3, 0.4) is 0 Å². The van der Waals surface area contributed by atoms with E-state index in [-0.39, 0.29) is 16.6 Å². The quantitative estimate of drug-likeness (QED) is 0.426. The number of esters is 1. The fraction of sp³-hybridized carbons (Fsp3) is 0.174. The summed E-state index contributed by atoms with van der Waals surface area (Å²) in [4.78, 5) is 27.3. The summed E-state index contributed by atoms with van der Waals surface area (Å²) in [5.41, 5.74) is 4.94. The van der Waals surface area contributed by atoms with E-state index in [0.717, 1.165) is 22.6 Å². The summed E-state index contributed by atoms with van der Waals surface area (Å²) in [7, 11) is 0. The lowest BCUT2D eigenvalue weighted by Crippen LogP contribution is -2.05. The van der Waals surface area contributed by atoms with Crippen LogP contribution >= 0.6 is 11.6 Å². The van der Waals surface area contributed by atoms with Crippen LogP contribution in [-0.4, -0.2) is 34.4 Å². The summed E-state index contributed by atoms with van der Waals surface area (Å²) in [5.74, 6) is -1.42. The zero-order chi connectivity index (χ0) is 21.8. The van der Waals surface area contributed by atoms with E-state index in [9.17, 15) is 9.59 Å². The van der Waals surface area contributed by atoms with Gasteiger partial charge in [0.2, 0.25) is 0 Å². The van der Waals surface area contributed by atoms with Crippen molar-refractivity contribution < 1.29 is 19.4 Å². The van der Waals surface area contributed by atoms with Crippen molar-refractivity contribution in [3.63, 3.8) is 0 Å². The second kappa shape index (κ2) is 8.97. The highest BCUT2D eigenvalue weighted by molar-refractivity contribution is 6.33. The van der Waals surface area contributed by atoms with E-state index in [1.54, 1.807) is 31.3 Å². The molecule has 0 aliphatic heterocycles. The molecule has 1 heterocycles. The lowest BCUT2D eigenvalue weighted by atomic mass is 10.2. The van der Waals surface area contributed by atoms with Crippen molar-refractivity contribution in [1.82, 2.24) is 4.57 Å². The first-order chi connectivity index (χ1) is 14.3. The van der Waals surface area contributed by atoms with Gasteiger partial charge >= 0.3 is 11.9 Å². The lowest BCUT2D eigenvalue weighted by Gasteiger charge is -2.10. The Bertz CT molecular complexity index is 1130. The van der Waals surface area contributed by atoms with Gasteiger partial charge in [-0.3, -0.25) is 4.99 Å². The van der Waals surface area contributed by atoms with E-state index < -0.39 is 5.97 Å². The number of carbonyl (C=O) groups excluding carboxylic acids is 1. The lowest BCUT2D eigenvalue weighted by molar-refractivity contribution is 0.0526. The van der Waals surface area contributed by atoms with Gasteiger partial charge in [0, 0.05) is 28.9 Å². The Kier molecular flexibility index (Phi) is 6.37. The van der Waals surface area contributed by atoms with Gasteiger partial charge in [0.1, 0.15) is 0 Å². The second-order valence-corrected chi connectivity index (χ2v) is 7.06. The van der Waals surface area contributed by atoms with Crippen LogP contribution < -0.4 is 0 Å². The molecule has 6 nitrogen and oxygen atoms in total. The third kappa shape index (κ3) is 4.44. The van der Waals surface area contributed by atoms with Crippen molar-refractivity contribution in [3.8, 4) is 5.69 Å². The standard InChI is InChI=1S/C23H21ClN2O4/c1-4-30-23(29)16-5-8-19(9-6-16)26-14(2)11-17(15(26)3)13-25-18-7-10-20(22(27)28)21(24)12-18/h5-13H,4H2,1-3H3,(H,27,28).